The number of hydrogen-bond acceptors (Lipinski definition) is 4. The molecule has 0 fully saturated rings. The largest absolute Gasteiger partial charge is 0.322 e. The molecule has 0 spiro atoms. The summed E-state index contributed by atoms with van der Waals surface area (Å²) in [5.74, 6) is -1.45. The van der Waals surface area contributed by atoms with E-state index in [4.69, 9.17) is 0 Å². The predicted octanol–water partition coefficient (Wildman–Crippen LogP) is 7.31. The van der Waals surface area contributed by atoms with E-state index in [9.17, 15) is 13.6 Å². The van der Waals surface area contributed by atoms with Crippen LogP contribution in [-0.2, 0) is 10.2 Å². The number of aromatic nitrogens is 3. The molecule has 4 rings (SSSR count). The van der Waals surface area contributed by atoms with Crippen LogP contribution in [0.2, 0.25) is 0 Å². The van der Waals surface area contributed by atoms with E-state index >= 15 is 0 Å². The first-order chi connectivity index (χ1) is 17.0. The van der Waals surface area contributed by atoms with Gasteiger partial charge in [0.05, 0.1) is 11.4 Å². The van der Waals surface area contributed by atoms with Crippen LogP contribution >= 0.6 is 27.7 Å². The molecule has 1 N–H and O–H groups in total. The maximum absolute atomic E-state index is 14.1. The Morgan fingerprint density at radius 1 is 1.03 bits per heavy atom. The minimum atomic E-state index is -0.857. The summed E-state index contributed by atoms with van der Waals surface area (Å²) in [5.41, 5.74) is 3.99. The number of carbonyl (C=O) groups excluding carboxylic acids is 1. The van der Waals surface area contributed by atoms with Crippen LogP contribution in [0.15, 0.2) is 70.3 Å². The average molecular weight is 571 g/mol. The lowest BCUT2D eigenvalue weighted by Gasteiger charge is -2.19. The Labute approximate surface area is 221 Å². The number of rotatable bonds is 6. The smallest absolute Gasteiger partial charge is 0.234 e. The number of halogens is 3. The van der Waals surface area contributed by atoms with Crippen molar-refractivity contribution in [2.24, 2.45) is 0 Å². The predicted molar refractivity (Wildman–Crippen MR) is 144 cm³/mol. The van der Waals surface area contributed by atoms with Crippen molar-refractivity contribution < 1.29 is 13.6 Å². The zero-order valence-corrected chi connectivity index (χ0v) is 22.7. The maximum atomic E-state index is 14.1. The number of hydrogen-bond donors (Lipinski definition) is 1. The summed E-state index contributed by atoms with van der Waals surface area (Å²) in [4.78, 5) is 12.6. The van der Waals surface area contributed by atoms with Gasteiger partial charge in [-0.25, -0.2) is 8.78 Å². The van der Waals surface area contributed by atoms with Gasteiger partial charge in [0.25, 0.3) is 0 Å². The molecule has 1 amide bonds. The summed E-state index contributed by atoms with van der Waals surface area (Å²) < 4.78 is 29.5. The van der Waals surface area contributed by atoms with Gasteiger partial charge < -0.3 is 5.32 Å². The molecule has 9 heteroatoms. The summed E-state index contributed by atoms with van der Waals surface area (Å²) in [5, 5.41) is 11.8. The molecule has 36 heavy (non-hydrogen) atoms. The molecule has 0 saturated carbocycles. The summed E-state index contributed by atoms with van der Waals surface area (Å²) in [6.45, 7) is 8.49. The molecule has 186 valence electrons. The molecule has 5 nitrogen and oxygen atoms in total. The first kappa shape index (κ1) is 26.0. The van der Waals surface area contributed by atoms with Crippen LogP contribution in [0.1, 0.15) is 31.9 Å². The van der Waals surface area contributed by atoms with Crippen LogP contribution < -0.4 is 5.32 Å². The van der Waals surface area contributed by atoms with E-state index in [-0.39, 0.29) is 21.3 Å². The number of benzene rings is 3. The zero-order valence-electron chi connectivity index (χ0n) is 20.3. The number of anilines is 1. The number of amides is 1. The Bertz CT molecular complexity index is 1370. The van der Waals surface area contributed by atoms with Gasteiger partial charge >= 0.3 is 0 Å². The van der Waals surface area contributed by atoms with Crippen molar-refractivity contribution >= 4 is 39.3 Å². The van der Waals surface area contributed by atoms with Crippen LogP contribution in [0.5, 0.6) is 0 Å². The lowest BCUT2D eigenvalue weighted by Crippen LogP contribution is -2.16. The highest BCUT2D eigenvalue weighted by atomic mass is 79.9. The minimum absolute atomic E-state index is 0.0243. The van der Waals surface area contributed by atoms with Crippen molar-refractivity contribution in [3.63, 3.8) is 0 Å². The molecular formula is C27H25BrF2N4OS. The Morgan fingerprint density at radius 2 is 1.69 bits per heavy atom. The minimum Gasteiger partial charge on any atom is -0.322 e. The van der Waals surface area contributed by atoms with E-state index < -0.39 is 17.5 Å². The van der Waals surface area contributed by atoms with Gasteiger partial charge in [-0.05, 0) is 52.0 Å². The van der Waals surface area contributed by atoms with Crippen molar-refractivity contribution in [2.75, 3.05) is 11.1 Å². The third kappa shape index (κ3) is 5.84. The van der Waals surface area contributed by atoms with Gasteiger partial charge in [0, 0.05) is 21.8 Å². The van der Waals surface area contributed by atoms with Gasteiger partial charge in [-0.1, -0.05) is 74.5 Å². The number of nitrogens with zero attached hydrogens (tertiary/aromatic N) is 3. The van der Waals surface area contributed by atoms with Gasteiger partial charge in [-0.15, -0.1) is 10.2 Å². The summed E-state index contributed by atoms with van der Waals surface area (Å²) >= 11 is 4.27. The van der Waals surface area contributed by atoms with Crippen LogP contribution in [-0.4, -0.2) is 26.4 Å². The fourth-order valence-corrected chi connectivity index (χ4v) is 4.82. The number of aryl methyl sites for hydroxylation is 1. The monoisotopic (exact) mass is 570 g/mol. The van der Waals surface area contributed by atoms with Gasteiger partial charge in [0.2, 0.25) is 5.91 Å². The lowest BCUT2D eigenvalue weighted by atomic mass is 9.87. The Hall–Kier alpha value is -3.04. The highest BCUT2D eigenvalue weighted by molar-refractivity contribution is 9.10. The van der Waals surface area contributed by atoms with Crippen molar-refractivity contribution in [2.45, 2.75) is 38.3 Å². The summed E-state index contributed by atoms with van der Waals surface area (Å²) in [6, 6.07) is 18.0. The highest BCUT2D eigenvalue weighted by Crippen LogP contribution is 2.31. The normalized spacial score (nSPS) is 11.5. The van der Waals surface area contributed by atoms with Crippen molar-refractivity contribution in [1.29, 1.82) is 0 Å². The number of thioether (sulfide) groups is 1. The molecule has 1 aromatic heterocycles. The molecule has 0 saturated heterocycles. The first-order valence-corrected chi connectivity index (χ1v) is 13.0. The maximum Gasteiger partial charge on any atom is 0.234 e. The molecule has 0 aliphatic carbocycles. The standard InChI is InChI=1S/C27H25BrF2N4OS/c1-16-5-11-20(12-6-16)34-25(17-7-9-18(10-8-17)27(2,3)4)32-33-26(34)36-15-23(35)31-24-21(28)13-19(29)14-22(24)30/h5-14H,15H2,1-4H3,(H,31,35). The molecule has 3 aromatic carbocycles. The molecular weight excluding hydrogens is 546 g/mol. The Morgan fingerprint density at radius 3 is 2.31 bits per heavy atom. The van der Waals surface area contributed by atoms with Crippen molar-refractivity contribution in [1.82, 2.24) is 14.8 Å². The fourth-order valence-electron chi connectivity index (χ4n) is 3.56. The van der Waals surface area contributed by atoms with E-state index in [1.54, 1.807) is 0 Å². The van der Waals surface area contributed by atoms with E-state index in [2.05, 4.69) is 64.3 Å². The molecule has 1 heterocycles. The van der Waals surface area contributed by atoms with Gasteiger partial charge in [0.15, 0.2) is 16.8 Å². The molecule has 4 aromatic rings. The van der Waals surface area contributed by atoms with E-state index in [0.29, 0.717) is 11.0 Å². The third-order valence-electron chi connectivity index (χ3n) is 5.54. The molecule has 0 atom stereocenters. The second-order valence-corrected chi connectivity index (χ2v) is 11.2. The van der Waals surface area contributed by atoms with Crippen LogP contribution in [0.4, 0.5) is 14.5 Å². The molecule has 0 aliphatic rings. The summed E-state index contributed by atoms with van der Waals surface area (Å²) in [7, 11) is 0. The summed E-state index contributed by atoms with van der Waals surface area (Å²) in [6.07, 6.45) is 0. The molecule has 0 radical (unpaired) electrons. The first-order valence-electron chi connectivity index (χ1n) is 11.2. The van der Waals surface area contributed by atoms with E-state index in [1.807, 2.05) is 47.9 Å². The second-order valence-electron chi connectivity index (χ2n) is 9.39. The van der Waals surface area contributed by atoms with E-state index in [0.717, 1.165) is 28.9 Å². The van der Waals surface area contributed by atoms with E-state index in [1.165, 1.54) is 17.3 Å². The van der Waals surface area contributed by atoms with Gasteiger partial charge in [-0.2, -0.15) is 0 Å². The topological polar surface area (TPSA) is 59.8 Å². The number of nitrogens with one attached hydrogen (secondary N) is 1. The lowest BCUT2D eigenvalue weighted by molar-refractivity contribution is -0.113. The zero-order chi connectivity index (χ0) is 26.0. The second kappa shape index (κ2) is 10.5. The van der Waals surface area contributed by atoms with Crippen LogP contribution in [0.3, 0.4) is 0 Å². The highest BCUT2D eigenvalue weighted by Gasteiger charge is 2.20. The third-order valence-corrected chi connectivity index (χ3v) is 7.09. The average Bonchev–Trinajstić information content (AvgIpc) is 3.24. The SMILES string of the molecule is Cc1ccc(-n2c(SCC(=O)Nc3c(F)cc(F)cc3Br)nnc2-c2ccc(C(C)(C)C)cc2)cc1. The van der Waals surface area contributed by atoms with Gasteiger partial charge in [-0.3, -0.25) is 9.36 Å². The number of carbonyl (C=O) groups is 1. The fraction of sp³-hybridized carbons (Fsp3) is 0.222. The molecule has 0 aliphatic heterocycles. The van der Waals surface area contributed by atoms with Gasteiger partial charge in [0.1, 0.15) is 5.82 Å². The van der Waals surface area contributed by atoms with Crippen LogP contribution in [0, 0.1) is 18.6 Å². The van der Waals surface area contributed by atoms with Crippen molar-refractivity contribution in [3.05, 3.63) is 87.9 Å². The van der Waals surface area contributed by atoms with Crippen LogP contribution in [0.25, 0.3) is 17.1 Å². The Balaban J connectivity index is 1.62. The molecule has 0 bridgehead atoms. The van der Waals surface area contributed by atoms with Crippen molar-refractivity contribution in [3.8, 4) is 17.1 Å². The quantitative estimate of drug-likeness (QED) is 0.247. The molecule has 0 unspecified atom stereocenters. The Kier molecular flexibility index (Phi) is 7.61.